The number of allylic oxidation sites excluding steroid dienone is 11. The molecule has 0 aliphatic carbocycles. The Morgan fingerprint density at radius 1 is 0.352 bits per heavy atom. The summed E-state index contributed by atoms with van der Waals surface area (Å²) in [5.74, 6) is -0.0588. The molecule has 0 aliphatic rings. The largest absolute Gasteiger partial charge is 0.394 e. The Bertz CT molecular complexity index is 1210. The second kappa shape index (κ2) is 62.1. The van der Waals surface area contributed by atoms with Crippen molar-refractivity contribution in [3.8, 4) is 0 Å². The third kappa shape index (κ3) is 58.6. The monoisotopic (exact) mass is 990 g/mol. The molecule has 1 amide bonds. The highest BCUT2D eigenvalue weighted by Crippen LogP contribution is 2.18. The zero-order valence-corrected chi connectivity index (χ0v) is 47.7. The normalized spacial score (nSPS) is 13.2. The van der Waals surface area contributed by atoms with Crippen molar-refractivity contribution in [2.45, 2.75) is 341 Å². The number of hydrogen-bond acceptors (Lipinski definition) is 3. The third-order valence-corrected chi connectivity index (χ3v) is 14.4. The predicted molar refractivity (Wildman–Crippen MR) is 317 cm³/mol. The lowest BCUT2D eigenvalue weighted by Gasteiger charge is -2.20. The summed E-state index contributed by atoms with van der Waals surface area (Å²) in [4.78, 5) is 12.5. The molecule has 0 aliphatic heterocycles. The SMILES string of the molecule is CC/C=C\C/C=C\C/C=C\C/C=C\C/C=C\CCCCCCCCCCCCCCCCCCCCCCCCCC(=O)NC(CO)C(O)/C=C/CCCCCCCCCCCCCCCCCCCC. The van der Waals surface area contributed by atoms with Gasteiger partial charge in [-0.15, -0.1) is 0 Å². The van der Waals surface area contributed by atoms with Crippen LogP contribution in [0.15, 0.2) is 72.9 Å². The molecule has 0 rings (SSSR count). The molecule has 0 aromatic carbocycles. The zero-order valence-electron chi connectivity index (χ0n) is 47.7. The first-order valence-electron chi connectivity index (χ1n) is 31.7. The molecule has 0 fully saturated rings. The number of unbranched alkanes of at least 4 members (excludes halogenated alkanes) is 41. The van der Waals surface area contributed by atoms with E-state index in [1.165, 1.54) is 250 Å². The summed E-state index contributed by atoms with van der Waals surface area (Å²) in [6.45, 7) is 4.22. The van der Waals surface area contributed by atoms with Gasteiger partial charge in [0.2, 0.25) is 5.91 Å². The third-order valence-electron chi connectivity index (χ3n) is 14.4. The van der Waals surface area contributed by atoms with Crippen LogP contribution < -0.4 is 5.32 Å². The quantitative estimate of drug-likeness (QED) is 0.0420. The lowest BCUT2D eigenvalue weighted by molar-refractivity contribution is -0.123. The molecule has 0 saturated heterocycles. The van der Waals surface area contributed by atoms with Gasteiger partial charge in [-0.3, -0.25) is 4.79 Å². The van der Waals surface area contributed by atoms with Gasteiger partial charge in [-0.05, 0) is 64.2 Å². The highest BCUT2D eigenvalue weighted by atomic mass is 16.3. The van der Waals surface area contributed by atoms with E-state index >= 15 is 0 Å². The minimum Gasteiger partial charge on any atom is -0.394 e. The summed E-state index contributed by atoms with van der Waals surface area (Å²) in [5, 5.41) is 23.2. The number of hydrogen-bond donors (Lipinski definition) is 3. The molecule has 3 N–H and O–H groups in total. The van der Waals surface area contributed by atoms with Crippen LogP contribution >= 0.6 is 0 Å². The predicted octanol–water partition coefficient (Wildman–Crippen LogP) is 21.3. The Morgan fingerprint density at radius 2 is 0.620 bits per heavy atom. The second-order valence-electron chi connectivity index (χ2n) is 21.5. The molecular formula is C67H123NO3. The minimum atomic E-state index is -0.840. The first-order valence-corrected chi connectivity index (χ1v) is 31.7. The lowest BCUT2D eigenvalue weighted by atomic mass is 10.0. The molecule has 0 bridgehead atoms. The average Bonchev–Trinajstić information content (AvgIpc) is 3.37. The van der Waals surface area contributed by atoms with Crippen LogP contribution in [0.4, 0.5) is 0 Å². The Morgan fingerprint density at radius 3 is 0.930 bits per heavy atom. The highest BCUT2D eigenvalue weighted by molar-refractivity contribution is 5.76. The number of nitrogens with one attached hydrogen (secondary N) is 1. The van der Waals surface area contributed by atoms with E-state index in [-0.39, 0.29) is 12.5 Å². The maximum absolute atomic E-state index is 12.5. The number of carbonyl (C=O) groups is 1. The summed E-state index contributed by atoms with van der Waals surface area (Å²) < 4.78 is 0. The van der Waals surface area contributed by atoms with Crippen LogP contribution in [-0.2, 0) is 4.79 Å². The van der Waals surface area contributed by atoms with Gasteiger partial charge >= 0.3 is 0 Å². The van der Waals surface area contributed by atoms with Crippen LogP contribution in [0.2, 0.25) is 0 Å². The fourth-order valence-corrected chi connectivity index (χ4v) is 9.68. The molecule has 0 radical (unpaired) electrons. The van der Waals surface area contributed by atoms with E-state index in [4.69, 9.17) is 0 Å². The minimum absolute atomic E-state index is 0.0588. The van der Waals surface area contributed by atoms with Crippen molar-refractivity contribution in [1.29, 1.82) is 0 Å². The Labute approximate surface area is 444 Å². The van der Waals surface area contributed by atoms with Gasteiger partial charge in [0.1, 0.15) is 0 Å². The molecular weight excluding hydrogens is 867 g/mol. The number of carbonyl (C=O) groups excluding carboxylic acids is 1. The molecule has 4 nitrogen and oxygen atoms in total. The summed E-state index contributed by atoms with van der Waals surface area (Å²) in [7, 11) is 0. The maximum Gasteiger partial charge on any atom is 0.220 e. The molecule has 0 saturated carbocycles. The Balaban J connectivity index is 3.43. The fraction of sp³-hybridized carbons (Fsp3) is 0.806. The van der Waals surface area contributed by atoms with Crippen molar-refractivity contribution in [2.75, 3.05) is 6.61 Å². The van der Waals surface area contributed by atoms with Crippen molar-refractivity contribution >= 4 is 5.91 Å². The van der Waals surface area contributed by atoms with E-state index in [9.17, 15) is 15.0 Å². The van der Waals surface area contributed by atoms with E-state index < -0.39 is 12.1 Å². The van der Waals surface area contributed by atoms with E-state index in [1.807, 2.05) is 6.08 Å². The summed E-state index contributed by atoms with van der Waals surface area (Å²) >= 11 is 0. The van der Waals surface area contributed by atoms with E-state index in [0.29, 0.717) is 6.42 Å². The Kier molecular flexibility index (Phi) is 60.2. The van der Waals surface area contributed by atoms with Crippen LogP contribution in [0.1, 0.15) is 328 Å². The van der Waals surface area contributed by atoms with Gasteiger partial charge in [0, 0.05) is 6.42 Å². The summed E-state index contributed by atoms with van der Waals surface area (Å²) in [6, 6.07) is -0.623. The number of aliphatic hydroxyl groups is 2. The van der Waals surface area contributed by atoms with Crippen molar-refractivity contribution in [3.05, 3.63) is 72.9 Å². The van der Waals surface area contributed by atoms with Gasteiger partial charge in [0.05, 0.1) is 18.8 Å². The van der Waals surface area contributed by atoms with Crippen LogP contribution in [0, 0.1) is 0 Å². The van der Waals surface area contributed by atoms with Gasteiger partial charge in [-0.1, -0.05) is 331 Å². The summed E-state index contributed by atoms with van der Waals surface area (Å²) in [6.07, 6.45) is 89.6. The van der Waals surface area contributed by atoms with Crippen molar-refractivity contribution in [2.24, 2.45) is 0 Å². The van der Waals surface area contributed by atoms with Crippen LogP contribution in [0.25, 0.3) is 0 Å². The van der Waals surface area contributed by atoms with Gasteiger partial charge in [-0.25, -0.2) is 0 Å². The van der Waals surface area contributed by atoms with Gasteiger partial charge < -0.3 is 15.5 Å². The number of rotatable bonds is 58. The molecule has 2 atom stereocenters. The molecule has 71 heavy (non-hydrogen) atoms. The number of aliphatic hydroxyl groups excluding tert-OH is 2. The first kappa shape index (κ1) is 68.8. The topological polar surface area (TPSA) is 69.6 Å². The van der Waals surface area contributed by atoms with E-state index in [2.05, 4.69) is 79.9 Å². The number of amides is 1. The van der Waals surface area contributed by atoms with Crippen molar-refractivity contribution in [3.63, 3.8) is 0 Å². The van der Waals surface area contributed by atoms with Crippen LogP contribution in [0.5, 0.6) is 0 Å². The molecule has 0 aromatic heterocycles. The van der Waals surface area contributed by atoms with Crippen LogP contribution in [0.3, 0.4) is 0 Å². The van der Waals surface area contributed by atoms with E-state index in [0.717, 1.165) is 57.8 Å². The first-order chi connectivity index (χ1) is 35.2. The second-order valence-corrected chi connectivity index (χ2v) is 21.5. The summed E-state index contributed by atoms with van der Waals surface area (Å²) in [5.41, 5.74) is 0. The van der Waals surface area contributed by atoms with Gasteiger partial charge in [0.25, 0.3) is 0 Å². The van der Waals surface area contributed by atoms with Crippen LogP contribution in [-0.4, -0.2) is 34.9 Å². The van der Waals surface area contributed by atoms with Gasteiger partial charge in [-0.2, -0.15) is 0 Å². The maximum atomic E-state index is 12.5. The van der Waals surface area contributed by atoms with Crippen molar-refractivity contribution in [1.82, 2.24) is 5.32 Å². The Hall–Kier alpha value is -2.17. The lowest BCUT2D eigenvalue weighted by Crippen LogP contribution is -2.45. The standard InChI is InChI=1S/C67H123NO3/c1-3-5-7-9-11-13-15-17-19-21-23-25-26-27-28-29-30-31-32-33-34-35-36-37-38-39-40-41-42-43-45-47-49-51-53-55-57-59-61-63-67(71)68-65(64-69)66(70)62-60-58-56-54-52-50-48-46-44-24-22-20-18-16-14-12-10-8-6-4-2/h5,7,11,13,17,19,23,25,27-28,60,62,65-66,69-70H,3-4,6,8-10,12,14-16,18,20-22,24,26,29-59,61,63-64H2,1-2H3,(H,68,71)/b7-5-,13-11-,19-17-,25-23-,28-27-,62-60+. The zero-order chi connectivity index (χ0) is 51.3. The fourth-order valence-electron chi connectivity index (χ4n) is 9.68. The molecule has 414 valence electrons. The highest BCUT2D eigenvalue weighted by Gasteiger charge is 2.18. The van der Waals surface area contributed by atoms with Gasteiger partial charge in [0.15, 0.2) is 0 Å². The molecule has 0 spiro atoms. The molecule has 2 unspecified atom stereocenters. The average molecular weight is 991 g/mol. The van der Waals surface area contributed by atoms with E-state index in [1.54, 1.807) is 6.08 Å². The molecule has 0 aromatic rings. The molecule has 0 heterocycles. The molecule has 4 heteroatoms. The smallest absolute Gasteiger partial charge is 0.220 e. The van der Waals surface area contributed by atoms with Crippen molar-refractivity contribution < 1.29 is 15.0 Å².